The number of hydrogen-bond acceptors (Lipinski definition) is 4. The number of benzene rings is 3. The van der Waals surface area contributed by atoms with E-state index in [2.05, 4.69) is 5.32 Å². The number of nitrogens with one attached hydrogen (secondary N) is 1. The van der Waals surface area contributed by atoms with Crippen LogP contribution in [0.25, 0.3) is 5.57 Å². The molecule has 3 aromatic carbocycles. The van der Waals surface area contributed by atoms with Gasteiger partial charge in [0.25, 0.3) is 11.8 Å². The summed E-state index contributed by atoms with van der Waals surface area (Å²) in [6.07, 6.45) is 0. The summed E-state index contributed by atoms with van der Waals surface area (Å²) in [5.41, 5.74) is 5.09. The predicted octanol–water partition coefficient (Wildman–Crippen LogP) is 5.67. The van der Waals surface area contributed by atoms with Gasteiger partial charge < -0.3 is 10.1 Å². The topological polar surface area (TPSA) is 58.6 Å². The summed E-state index contributed by atoms with van der Waals surface area (Å²) in [5.74, 6) is -0.336. The lowest BCUT2D eigenvalue weighted by Crippen LogP contribution is -2.33. The van der Waals surface area contributed by atoms with E-state index in [1.165, 1.54) is 4.90 Å². The third kappa shape index (κ3) is 3.76. The van der Waals surface area contributed by atoms with E-state index >= 15 is 0 Å². The molecule has 2 amide bonds. The lowest BCUT2D eigenvalue weighted by Gasteiger charge is -2.18. The second kappa shape index (κ2) is 8.52. The number of aryl methyl sites for hydroxylation is 3. The van der Waals surface area contributed by atoms with Crippen LogP contribution in [0.15, 0.2) is 66.4 Å². The molecular formula is C26H23ClN2O3. The van der Waals surface area contributed by atoms with Gasteiger partial charge in [0.1, 0.15) is 11.4 Å². The Morgan fingerprint density at radius 3 is 2.31 bits per heavy atom. The molecule has 0 radical (unpaired) electrons. The number of nitrogens with zero attached hydrogens (tertiary/aromatic N) is 1. The first-order chi connectivity index (χ1) is 15.3. The third-order valence-corrected chi connectivity index (χ3v) is 5.74. The zero-order chi connectivity index (χ0) is 23.0. The van der Waals surface area contributed by atoms with E-state index in [1.807, 2.05) is 51.1 Å². The minimum atomic E-state index is -0.429. The molecule has 0 fully saturated rings. The molecule has 1 N–H and O–H groups in total. The van der Waals surface area contributed by atoms with Crippen molar-refractivity contribution in [3.8, 4) is 5.75 Å². The van der Waals surface area contributed by atoms with Crippen molar-refractivity contribution < 1.29 is 14.3 Å². The number of imide groups is 1. The Morgan fingerprint density at radius 1 is 0.875 bits per heavy atom. The van der Waals surface area contributed by atoms with Gasteiger partial charge >= 0.3 is 0 Å². The fourth-order valence-electron chi connectivity index (χ4n) is 3.92. The number of carbonyl (C=O) groups is 2. The number of anilines is 2. The maximum Gasteiger partial charge on any atom is 0.282 e. The minimum Gasteiger partial charge on any atom is -0.496 e. The van der Waals surface area contributed by atoms with Crippen molar-refractivity contribution in [2.24, 2.45) is 0 Å². The molecule has 4 rings (SSSR count). The van der Waals surface area contributed by atoms with Gasteiger partial charge in [0.2, 0.25) is 0 Å². The summed E-state index contributed by atoms with van der Waals surface area (Å²) >= 11 is 6.10. The molecule has 0 bridgehead atoms. The number of rotatable bonds is 5. The van der Waals surface area contributed by atoms with Gasteiger partial charge in [-0.3, -0.25) is 9.59 Å². The Kier molecular flexibility index (Phi) is 5.76. The highest BCUT2D eigenvalue weighted by atomic mass is 35.5. The number of para-hydroxylation sites is 1. The van der Waals surface area contributed by atoms with Crippen molar-refractivity contribution in [2.45, 2.75) is 20.8 Å². The molecule has 6 heteroatoms. The zero-order valence-electron chi connectivity index (χ0n) is 18.3. The molecule has 5 nitrogen and oxygen atoms in total. The van der Waals surface area contributed by atoms with Crippen LogP contribution in [0, 0.1) is 20.8 Å². The van der Waals surface area contributed by atoms with E-state index in [-0.39, 0.29) is 11.3 Å². The summed E-state index contributed by atoms with van der Waals surface area (Å²) in [7, 11) is 1.54. The standard InChI is InChI=1S/C26H23ClN2O3/c1-15-9-11-20(16(2)13-15)28-24-23(19-7-5-6-8-22(19)32-4)25(30)29(26(24)31)21-12-10-18(27)14-17(21)3/h5-14,28H,1-4H3. The van der Waals surface area contributed by atoms with Crippen LogP contribution in [0.1, 0.15) is 22.3 Å². The summed E-state index contributed by atoms with van der Waals surface area (Å²) in [4.78, 5) is 28.5. The summed E-state index contributed by atoms with van der Waals surface area (Å²) in [6, 6.07) is 18.2. The van der Waals surface area contributed by atoms with Crippen molar-refractivity contribution >= 4 is 40.4 Å². The second-order valence-electron chi connectivity index (χ2n) is 7.77. The molecule has 1 aliphatic rings. The Hall–Kier alpha value is -3.57. The van der Waals surface area contributed by atoms with Gasteiger partial charge in [0, 0.05) is 16.3 Å². The van der Waals surface area contributed by atoms with E-state index < -0.39 is 11.8 Å². The van der Waals surface area contributed by atoms with Crippen LogP contribution in [0.2, 0.25) is 5.02 Å². The molecule has 3 aromatic rings. The molecule has 0 aliphatic carbocycles. The summed E-state index contributed by atoms with van der Waals surface area (Å²) in [5, 5.41) is 3.77. The fourth-order valence-corrected chi connectivity index (χ4v) is 4.15. The van der Waals surface area contributed by atoms with Gasteiger partial charge in [-0.2, -0.15) is 0 Å². The van der Waals surface area contributed by atoms with Crippen molar-refractivity contribution in [2.75, 3.05) is 17.3 Å². The van der Waals surface area contributed by atoms with E-state index in [9.17, 15) is 9.59 Å². The van der Waals surface area contributed by atoms with Crippen LogP contribution in [0.5, 0.6) is 5.75 Å². The number of halogens is 1. The first-order valence-electron chi connectivity index (χ1n) is 10.2. The van der Waals surface area contributed by atoms with E-state index in [1.54, 1.807) is 37.4 Å². The van der Waals surface area contributed by atoms with Crippen molar-refractivity contribution in [3.63, 3.8) is 0 Å². The maximum atomic E-state index is 13.7. The highest BCUT2D eigenvalue weighted by Crippen LogP contribution is 2.39. The number of methoxy groups -OCH3 is 1. The molecule has 0 aromatic heterocycles. The molecule has 0 spiro atoms. The Bertz CT molecular complexity index is 1280. The van der Waals surface area contributed by atoms with Gasteiger partial charge in [-0.1, -0.05) is 47.5 Å². The van der Waals surface area contributed by atoms with E-state index in [0.717, 1.165) is 22.4 Å². The molecule has 0 saturated carbocycles. The SMILES string of the molecule is COc1ccccc1C1=C(Nc2ccc(C)cc2C)C(=O)N(c2ccc(Cl)cc2C)C1=O. The van der Waals surface area contributed by atoms with E-state index in [0.29, 0.717) is 22.0 Å². The average Bonchev–Trinajstić information content (AvgIpc) is 2.99. The predicted molar refractivity (Wildman–Crippen MR) is 128 cm³/mol. The van der Waals surface area contributed by atoms with Gasteiger partial charge in [-0.05, 0) is 62.2 Å². The molecular weight excluding hydrogens is 424 g/mol. The molecule has 1 heterocycles. The average molecular weight is 447 g/mol. The van der Waals surface area contributed by atoms with Crippen molar-refractivity contribution in [1.82, 2.24) is 0 Å². The van der Waals surface area contributed by atoms with Crippen LogP contribution in [0.4, 0.5) is 11.4 Å². The first-order valence-corrected chi connectivity index (χ1v) is 10.6. The van der Waals surface area contributed by atoms with Gasteiger partial charge in [-0.15, -0.1) is 0 Å². The van der Waals surface area contributed by atoms with Crippen LogP contribution < -0.4 is 15.0 Å². The van der Waals surface area contributed by atoms with Crippen molar-refractivity contribution in [3.05, 3.63) is 93.6 Å². The summed E-state index contributed by atoms with van der Waals surface area (Å²) in [6.45, 7) is 5.78. The van der Waals surface area contributed by atoms with Gasteiger partial charge in [-0.25, -0.2) is 4.90 Å². The smallest absolute Gasteiger partial charge is 0.282 e. The number of ether oxygens (including phenoxy) is 1. The second-order valence-corrected chi connectivity index (χ2v) is 8.21. The molecule has 162 valence electrons. The Labute approximate surface area is 192 Å². The number of amides is 2. The maximum absolute atomic E-state index is 13.7. The molecule has 32 heavy (non-hydrogen) atoms. The minimum absolute atomic E-state index is 0.209. The normalized spacial score (nSPS) is 13.7. The Balaban J connectivity index is 1.89. The zero-order valence-corrected chi connectivity index (χ0v) is 19.1. The largest absolute Gasteiger partial charge is 0.496 e. The van der Waals surface area contributed by atoms with Gasteiger partial charge in [0.15, 0.2) is 0 Å². The lowest BCUT2D eigenvalue weighted by atomic mass is 10.0. The number of hydrogen-bond donors (Lipinski definition) is 1. The monoisotopic (exact) mass is 446 g/mol. The first kappa shape index (κ1) is 21.7. The Morgan fingerprint density at radius 2 is 1.62 bits per heavy atom. The highest BCUT2D eigenvalue weighted by molar-refractivity contribution is 6.46. The van der Waals surface area contributed by atoms with Crippen LogP contribution in [0.3, 0.4) is 0 Å². The molecule has 1 aliphatic heterocycles. The molecule has 0 atom stereocenters. The lowest BCUT2D eigenvalue weighted by molar-refractivity contribution is -0.120. The van der Waals surface area contributed by atoms with E-state index in [4.69, 9.17) is 16.3 Å². The van der Waals surface area contributed by atoms with Crippen LogP contribution >= 0.6 is 11.6 Å². The van der Waals surface area contributed by atoms with Crippen LogP contribution in [-0.2, 0) is 9.59 Å². The summed E-state index contributed by atoms with van der Waals surface area (Å²) < 4.78 is 5.50. The third-order valence-electron chi connectivity index (χ3n) is 5.50. The highest BCUT2D eigenvalue weighted by Gasteiger charge is 2.41. The quantitative estimate of drug-likeness (QED) is 0.513. The molecule has 0 unspecified atom stereocenters. The number of carbonyl (C=O) groups excluding carboxylic acids is 2. The van der Waals surface area contributed by atoms with Gasteiger partial charge in [0.05, 0.1) is 18.4 Å². The molecule has 0 saturated heterocycles. The van der Waals surface area contributed by atoms with Crippen LogP contribution in [-0.4, -0.2) is 18.9 Å². The fraction of sp³-hybridized carbons (Fsp3) is 0.154. The van der Waals surface area contributed by atoms with Crippen molar-refractivity contribution in [1.29, 1.82) is 0 Å².